The van der Waals surface area contributed by atoms with Gasteiger partial charge in [-0.15, -0.1) is 0 Å². The Morgan fingerprint density at radius 1 is 1.62 bits per heavy atom. The molecule has 0 radical (unpaired) electrons. The number of aromatic nitrogens is 2. The summed E-state index contributed by atoms with van der Waals surface area (Å²) in [6, 6.07) is 1.71. The number of nitrogen functional groups attached to an aromatic ring is 1. The van der Waals surface area contributed by atoms with E-state index in [1.807, 2.05) is 6.92 Å². The Balaban J connectivity index is 2.53. The lowest BCUT2D eigenvalue weighted by atomic mass is 10.2. The monoisotopic (exact) mass is 181 g/mol. The first-order chi connectivity index (χ1) is 6.22. The number of rotatable bonds is 4. The van der Waals surface area contributed by atoms with E-state index in [0.29, 0.717) is 5.88 Å². The van der Waals surface area contributed by atoms with E-state index < -0.39 is 0 Å². The van der Waals surface area contributed by atoms with Crippen molar-refractivity contribution in [3.05, 3.63) is 12.3 Å². The molecule has 1 aromatic heterocycles. The van der Waals surface area contributed by atoms with Crippen LogP contribution in [0.1, 0.15) is 26.7 Å². The maximum atomic E-state index is 5.50. The lowest BCUT2D eigenvalue weighted by molar-refractivity contribution is 0.201. The lowest BCUT2D eigenvalue weighted by Crippen LogP contribution is -2.12. The van der Waals surface area contributed by atoms with Crippen molar-refractivity contribution in [3.63, 3.8) is 0 Å². The Morgan fingerprint density at radius 2 is 2.38 bits per heavy atom. The molecule has 0 saturated carbocycles. The standard InChI is InChI=1S/C9H15N3O/c1-3-4-7(2)13-8-5-6-11-9(10)12-8/h5-7H,3-4H2,1-2H3,(H2,10,11,12). The molecule has 0 aromatic carbocycles. The predicted octanol–water partition coefficient (Wildman–Crippen LogP) is 1.63. The van der Waals surface area contributed by atoms with E-state index >= 15 is 0 Å². The third-order valence-electron chi connectivity index (χ3n) is 1.67. The quantitative estimate of drug-likeness (QED) is 0.766. The topological polar surface area (TPSA) is 61.0 Å². The van der Waals surface area contributed by atoms with Crippen LogP contribution in [0.3, 0.4) is 0 Å². The SMILES string of the molecule is CCCC(C)Oc1ccnc(N)n1. The first-order valence-electron chi connectivity index (χ1n) is 4.47. The van der Waals surface area contributed by atoms with Crippen LogP contribution < -0.4 is 10.5 Å². The molecular weight excluding hydrogens is 166 g/mol. The van der Waals surface area contributed by atoms with Gasteiger partial charge in [-0.05, 0) is 13.3 Å². The molecule has 2 N–H and O–H groups in total. The van der Waals surface area contributed by atoms with Crippen molar-refractivity contribution >= 4 is 5.95 Å². The average Bonchev–Trinajstić information content (AvgIpc) is 2.04. The minimum absolute atomic E-state index is 0.180. The highest BCUT2D eigenvalue weighted by Crippen LogP contribution is 2.10. The van der Waals surface area contributed by atoms with Crippen molar-refractivity contribution in [2.24, 2.45) is 0 Å². The van der Waals surface area contributed by atoms with E-state index in [0.717, 1.165) is 12.8 Å². The van der Waals surface area contributed by atoms with Gasteiger partial charge in [0.1, 0.15) is 0 Å². The normalized spacial score (nSPS) is 12.5. The number of hydrogen-bond acceptors (Lipinski definition) is 4. The number of nitrogens with two attached hydrogens (primary N) is 1. The molecule has 0 spiro atoms. The van der Waals surface area contributed by atoms with Crippen LogP contribution in [-0.4, -0.2) is 16.1 Å². The molecule has 0 amide bonds. The van der Waals surface area contributed by atoms with E-state index in [9.17, 15) is 0 Å². The molecule has 0 aliphatic carbocycles. The fourth-order valence-electron chi connectivity index (χ4n) is 1.09. The Bertz CT molecular complexity index is 265. The Kier molecular flexibility index (Phi) is 3.49. The number of anilines is 1. The van der Waals surface area contributed by atoms with Crippen molar-refractivity contribution in [2.45, 2.75) is 32.8 Å². The molecule has 0 aliphatic rings. The van der Waals surface area contributed by atoms with Crippen LogP contribution >= 0.6 is 0 Å². The van der Waals surface area contributed by atoms with Crippen LogP contribution in [0.25, 0.3) is 0 Å². The summed E-state index contributed by atoms with van der Waals surface area (Å²) in [5, 5.41) is 0. The fraction of sp³-hybridized carbons (Fsp3) is 0.556. The van der Waals surface area contributed by atoms with Crippen LogP contribution in [0, 0.1) is 0 Å². The van der Waals surface area contributed by atoms with Gasteiger partial charge in [0.15, 0.2) is 0 Å². The number of nitrogens with zero attached hydrogens (tertiary/aromatic N) is 2. The number of ether oxygens (including phenoxy) is 1. The second kappa shape index (κ2) is 4.64. The zero-order chi connectivity index (χ0) is 9.68. The first-order valence-corrected chi connectivity index (χ1v) is 4.47. The smallest absolute Gasteiger partial charge is 0.223 e. The largest absolute Gasteiger partial charge is 0.475 e. The molecule has 0 bridgehead atoms. The van der Waals surface area contributed by atoms with Gasteiger partial charge < -0.3 is 10.5 Å². The van der Waals surface area contributed by atoms with E-state index in [4.69, 9.17) is 10.5 Å². The van der Waals surface area contributed by atoms with Gasteiger partial charge in [-0.2, -0.15) is 4.98 Å². The molecule has 1 aromatic rings. The van der Waals surface area contributed by atoms with Crippen LogP contribution in [0.4, 0.5) is 5.95 Å². The molecule has 4 nitrogen and oxygen atoms in total. The second-order valence-electron chi connectivity index (χ2n) is 2.97. The number of hydrogen-bond donors (Lipinski definition) is 1. The molecule has 0 aliphatic heterocycles. The highest BCUT2D eigenvalue weighted by atomic mass is 16.5. The zero-order valence-corrected chi connectivity index (χ0v) is 8.03. The van der Waals surface area contributed by atoms with Crippen LogP contribution in [0.15, 0.2) is 12.3 Å². The molecule has 13 heavy (non-hydrogen) atoms. The summed E-state index contributed by atoms with van der Waals surface area (Å²) in [6.45, 7) is 4.13. The zero-order valence-electron chi connectivity index (χ0n) is 8.03. The van der Waals surface area contributed by atoms with Crippen molar-refractivity contribution in [3.8, 4) is 5.88 Å². The minimum Gasteiger partial charge on any atom is -0.475 e. The Morgan fingerprint density at radius 3 is 3.00 bits per heavy atom. The molecule has 0 saturated heterocycles. The lowest BCUT2D eigenvalue weighted by Gasteiger charge is -2.12. The highest BCUT2D eigenvalue weighted by molar-refractivity contribution is 5.20. The summed E-state index contributed by atoms with van der Waals surface area (Å²) < 4.78 is 5.50. The van der Waals surface area contributed by atoms with E-state index in [1.54, 1.807) is 12.3 Å². The van der Waals surface area contributed by atoms with Gasteiger partial charge in [0, 0.05) is 12.3 Å². The molecule has 72 valence electrons. The summed E-state index contributed by atoms with van der Waals surface area (Å²) >= 11 is 0. The summed E-state index contributed by atoms with van der Waals surface area (Å²) in [7, 11) is 0. The van der Waals surface area contributed by atoms with Crippen LogP contribution in [0.2, 0.25) is 0 Å². The predicted molar refractivity (Wildman–Crippen MR) is 51.4 cm³/mol. The molecule has 4 heteroatoms. The van der Waals surface area contributed by atoms with E-state index in [2.05, 4.69) is 16.9 Å². The van der Waals surface area contributed by atoms with Gasteiger partial charge in [-0.25, -0.2) is 4.98 Å². The van der Waals surface area contributed by atoms with Crippen LogP contribution in [-0.2, 0) is 0 Å². The summed E-state index contributed by atoms with van der Waals surface area (Å²) in [5.74, 6) is 0.801. The summed E-state index contributed by atoms with van der Waals surface area (Å²) in [6.07, 6.45) is 3.89. The maximum Gasteiger partial charge on any atom is 0.223 e. The molecular formula is C9H15N3O. The third kappa shape index (κ3) is 3.27. The molecule has 1 unspecified atom stereocenters. The van der Waals surface area contributed by atoms with Gasteiger partial charge >= 0.3 is 0 Å². The van der Waals surface area contributed by atoms with Gasteiger partial charge in [-0.1, -0.05) is 13.3 Å². The molecule has 1 heterocycles. The van der Waals surface area contributed by atoms with Crippen molar-refractivity contribution in [1.82, 2.24) is 9.97 Å². The second-order valence-corrected chi connectivity index (χ2v) is 2.97. The van der Waals surface area contributed by atoms with E-state index in [-0.39, 0.29) is 12.1 Å². The highest BCUT2D eigenvalue weighted by Gasteiger charge is 2.03. The van der Waals surface area contributed by atoms with Crippen LogP contribution in [0.5, 0.6) is 5.88 Å². The van der Waals surface area contributed by atoms with Crippen molar-refractivity contribution < 1.29 is 4.74 Å². The molecule has 0 fully saturated rings. The van der Waals surface area contributed by atoms with Crippen molar-refractivity contribution in [2.75, 3.05) is 5.73 Å². The van der Waals surface area contributed by atoms with Gasteiger partial charge in [0.2, 0.25) is 11.8 Å². The maximum absolute atomic E-state index is 5.50. The summed E-state index contributed by atoms with van der Waals surface area (Å²) in [4.78, 5) is 7.72. The minimum atomic E-state index is 0.180. The Labute approximate surface area is 78.1 Å². The Hall–Kier alpha value is -1.32. The molecule has 1 rings (SSSR count). The van der Waals surface area contributed by atoms with E-state index in [1.165, 1.54) is 0 Å². The average molecular weight is 181 g/mol. The molecule has 1 atom stereocenters. The van der Waals surface area contributed by atoms with Gasteiger partial charge in [0.05, 0.1) is 6.10 Å². The third-order valence-corrected chi connectivity index (χ3v) is 1.67. The van der Waals surface area contributed by atoms with Gasteiger partial charge in [-0.3, -0.25) is 0 Å². The van der Waals surface area contributed by atoms with Gasteiger partial charge in [0.25, 0.3) is 0 Å². The fourth-order valence-corrected chi connectivity index (χ4v) is 1.09. The first kappa shape index (κ1) is 9.77. The van der Waals surface area contributed by atoms with Crippen molar-refractivity contribution in [1.29, 1.82) is 0 Å². The summed E-state index contributed by atoms with van der Waals surface area (Å²) in [5.41, 5.74) is 5.41.